The average molecular weight is 400 g/mol. The van der Waals surface area contributed by atoms with Crippen molar-refractivity contribution in [2.75, 3.05) is 13.1 Å². The molecule has 8 nitrogen and oxygen atoms in total. The maximum absolute atomic E-state index is 12.4. The SMILES string of the molecule is C[C@@H](O)[C@H]1C(=O)N2C(C(=O)O)=C(S[C@@H]3CN[C@H]([C@@H](O)CCCN)C3)[C@H](C)[C@H]12. The highest BCUT2D eigenvalue weighted by Gasteiger charge is 2.60. The number of aliphatic hydroxyl groups excluding tert-OH is 2. The molecule has 3 aliphatic rings. The summed E-state index contributed by atoms with van der Waals surface area (Å²) in [4.78, 5) is 26.3. The van der Waals surface area contributed by atoms with E-state index in [-0.39, 0.29) is 34.9 Å². The number of amides is 1. The molecule has 0 radical (unpaired) electrons. The summed E-state index contributed by atoms with van der Waals surface area (Å²) in [6, 6.07) is -0.310. The van der Waals surface area contributed by atoms with E-state index in [9.17, 15) is 24.9 Å². The number of hydrogen-bond acceptors (Lipinski definition) is 7. The molecule has 3 heterocycles. The molecule has 0 aromatic carbocycles. The highest BCUT2D eigenvalue weighted by molar-refractivity contribution is 8.03. The minimum absolute atomic E-state index is 0.0245. The summed E-state index contributed by atoms with van der Waals surface area (Å²) in [6.07, 6.45) is 0.885. The van der Waals surface area contributed by atoms with E-state index < -0.39 is 24.1 Å². The first kappa shape index (κ1) is 20.6. The van der Waals surface area contributed by atoms with Crippen molar-refractivity contribution < 1.29 is 24.9 Å². The summed E-state index contributed by atoms with van der Waals surface area (Å²) < 4.78 is 0. The fraction of sp³-hybridized carbons (Fsp3) is 0.778. The van der Waals surface area contributed by atoms with Crippen molar-refractivity contribution >= 4 is 23.6 Å². The molecule has 3 rings (SSSR count). The maximum Gasteiger partial charge on any atom is 0.353 e. The van der Waals surface area contributed by atoms with E-state index in [2.05, 4.69) is 5.32 Å². The van der Waals surface area contributed by atoms with Crippen molar-refractivity contribution in [1.29, 1.82) is 0 Å². The number of β-lactam (4-membered cyclic amide) rings is 1. The molecule has 0 unspecified atom stereocenters. The minimum atomic E-state index is -1.10. The van der Waals surface area contributed by atoms with Crippen LogP contribution in [-0.4, -0.2) is 74.7 Å². The van der Waals surface area contributed by atoms with Crippen LogP contribution in [0.15, 0.2) is 10.6 Å². The summed E-state index contributed by atoms with van der Waals surface area (Å²) in [6.45, 7) is 4.72. The number of aliphatic hydroxyl groups is 2. The molecule has 2 fully saturated rings. The Labute approximate surface area is 163 Å². The van der Waals surface area contributed by atoms with Gasteiger partial charge in [-0.15, -0.1) is 11.8 Å². The fourth-order valence-corrected chi connectivity index (χ4v) is 6.00. The van der Waals surface area contributed by atoms with Gasteiger partial charge in [0, 0.05) is 28.7 Å². The summed E-state index contributed by atoms with van der Waals surface area (Å²) >= 11 is 1.49. The van der Waals surface area contributed by atoms with Gasteiger partial charge < -0.3 is 31.3 Å². The van der Waals surface area contributed by atoms with Crippen LogP contribution in [-0.2, 0) is 9.59 Å². The van der Waals surface area contributed by atoms with E-state index in [1.54, 1.807) is 6.92 Å². The molecule has 0 spiro atoms. The third-order valence-corrected chi connectivity index (χ3v) is 7.41. The molecular formula is C18H29N3O5S. The monoisotopic (exact) mass is 399 g/mol. The number of aliphatic carboxylic acids is 1. The molecule has 2 saturated heterocycles. The molecule has 0 aromatic rings. The zero-order chi connectivity index (χ0) is 19.9. The second kappa shape index (κ2) is 8.08. The van der Waals surface area contributed by atoms with E-state index in [1.807, 2.05) is 6.92 Å². The number of hydrogen-bond donors (Lipinski definition) is 5. The van der Waals surface area contributed by atoms with Crippen LogP contribution in [0.3, 0.4) is 0 Å². The standard InChI is InChI=1S/C18H29N3O5S/c1-8-14-13(9(2)22)17(24)21(14)15(18(25)26)16(8)27-10-6-11(20-7-10)12(23)4-3-5-19/h8-14,20,22-23H,3-7,19H2,1-2H3,(H,25,26)/t8-,9-,10+,11+,12+,13-,14-/m1/s1. The number of fused-ring (bicyclic) bond motifs is 1. The maximum atomic E-state index is 12.4. The lowest BCUT2D eigenvalue weighted by Gasteiger charge is -2.46. The highest BCUT2D eigenvalue weighted by atomic mass is 32.2. The van der Waals surface area contributed by atoms with Gasteiger partial charge in [-0.1, -0.05) is 6.92 Å². The van der Waals surface area contributed by atoms with Gasteiger partial charge in [-0.2, -0.15) is 0 Å². The number of rotatable bonds is 8. The van der Waals surface area contributed by atoms with Crippen molar-refractivity contribution in [1.82, 2.24) is 10.2 Å². The average Bonchev–Trinajstić information content (AvgIpc) is 3.15. The normalized spacial score (nSPS) is 35.2. The second-order valence-electron chi connectivity index (χ2n) is 7.76. The molecule has 1 amide bonds. The van der Waals surface area contributed by atoms with Crippen molar-refractivity contribution in [2.24, 2.45) is 17.6 Å². The van der Waals surface area contributed by atoms with E-state index in [1.165, 1.54) is 16.7 Å². The molecule has 0 aromatic heterocycles. The number of nitrogens with two attached hydrogens (primary N) is 1. The summed E-state index contributed by atoms with van der Waals surface area (Å²) in [5.74, 6) is -2.08. The molecule has 0 bridgehead atoms. The van der Waals surface area contributed by atoms with E-state index in [4.69, 9.17) is 5.73 Å². The zero-order valence-electron chi connectivity index (χ0n) is 15.7. The lowest BCUT2D eigenvalue weighted by molar-refractivity contribution is -0.163. The van der Waals surface area contributed by atoms with Crippen molar-refractivity contribution in [3.05, 3.63) is 10.6 Å². The predicted molar refractivity (Wildman–Crippen MR) is 102 cm³/mol. The van der Waals surface area contributed by atoms with Crippen molar-refractivity contribution in [3.63, 3.8) is 0 Å². The number of nitrogens with zero attached hydrogens (tertiary/aromatic N) is 1. The molecule has 3 aliphatic heterocycles. The molecule has 6 N–H and O–H groups in total. The van der Waals surface area contributed by atoms with Crippen LogP contribution in [0.5, 0.6) is 0 Å². The third kappa shape index (κ3) is 3.63. The van der Waals surface area contributed by atoms with Crippen LogP contribution in [0.25, 0.3) is 0 Å². The zero-order valence-corrected chi connectivity index (χ0v) is 16.5. The van der Waals surface area contributed by atoms with Crippen LogP contribution in [0.2, 0.25) is 0 Å². The predicted octanol–water partition coefficient (Wildman–Crippen LogP) is -0.296. The first-order valence-electron chi connectivity index (χ1n) is 9.54. The summed E-state index contributed by atoms with van der Waals surface area (Å²) in [7, 11) is 0. The molecule has 0 saturated carbocycles. The first-order valence-corrected chi connectivity index (χ1v) is 10.4. The smallest absolute Gasteiger partial charge is 0.353 e. The molecule has 27 heavy (non-hydrogen) atoms. The number of nitrogens with one attached hydrogen (secondary N) is 1. The van der Waals surface area contributed by atoms with Crippen LogP contribution in [0, 0.1) is 11.8 Å². The molecule has 9 heteroatoms. The Morgan fingerprint density at radius 1 is 1.44 bits per heavy atom. The minimum Gasteiger partial charge on any atom is -0.477 e. The number of carboxylic acid groups (broad SMARTS) is 1. The third-order valence-electron chi connectivity index (χ3n) is 5.90. The lowest BCUT2D eigenvalue weighted by Crippen LogP contribution is -2.63. The fourth-order valence-electron chi connectivity index (χ4n) is 4.50. The Morgan fingerprint density at radius 2 is 2.15 bits per heavy atom. The number of carboxylic acids is 1. The van der Waals surface area contributed by atoms with Crippen LogP contribution in [0.4, 0.5) is 0 Å². The summed E-state index contributed by atoms with van der Waals surface area (Å²) in [5.41, 5.74) is 5.56. The van der Waals surface area contributed by atoms with Gasteiger partial charge in [0.25, 0.3) is 0 Å². The number of thioether (sulfide) groups is 1. The van der Waals surface area contributed by atoms with Gasteiger partial charge in [-0.25, -0.2) is 4.79 Å². The largest absolute Gasteiger partial charge is 0.477 e. The quantitative estimate of drug-likeness (QED) is 0.351. The van der Waals surface area contributed by atoms with Gasteiger partial charge in [-0.3, -0.25) is 4.79 Å². The van der Waals surface area contributed by atoms with Gasteiger partial charge in [0.1, 0.15) is 5.70 Å². The molecule has 7 atom stereocenters. The van der Waals surface area contributed by atoms with Crippen molar-refractivity contribution in [3.8, 4) is 0 Å². The molecular weight excluding hydrogens is 370 g/mol. The Bertz CT molecular complexity index is 640. The summed E-state index contributed by atoms with van der Waals surface area (Å²) in [5, 5.41) is 33.3. The number of carbonyl (C=O) groups is 2. The second-order valence-corrected chi connectivity index (χ2v) is 9.10. The van der Waals surface area contributed by atoms with Crippen LogP contribution < -0.4 is 11.1 Å². The van der Waals surface area contributed by atoms with E-state index in [0.717, 1.165) is 12.8 Å². The molecule has 152 valence electrons. The van der Waals surface area contributed by atoms with E-state index >= 15 is 0 Å². The lowest BCUT2D eigenvalue weighted by atomic mass is 9.79. The highest BCUT2D eigenvalue weighted by Crippen LogP contribution is 2.51. The van der Waals surface area contributed by atoms with Gasteiger partial charge in [0.15, 0.2) is 0 Å². The van der Waals surface area contributed by atoms with Gasteiger partial charge in [0.2, 0.25) is 5.91 Å². The topological polar surface area (TPSA) is 136 Å². The Balaban J connectivity index is 1.71. The Hall–Kier alpha value is -1.13. The van der Waals surface area contributed by atoms with Gasteiger partial charge in [0.05, 0.1) is 24.2 Å². The van der Waals surface area contributed by atoms with Gasteiger partial charge >= 0.3 is 5.97 Å². The van der Waals surface area contributed by atoms with Crippen LogP contribution in [0.1, 0.15) is 33.1 Å². The number of carbonyl (C=O) groups excluding carboxylic acids is 1. The first-order chi connectivity index (χ1) is 12.8. The Kier molecular flexibility index (Phi) is 6.17. The van der Waals surface area contributed by atoms with Crippen molar-refractivity contribution in [2.45, 2.75) is 62.7 Å². The van der Waals surface area contributed by atoms with Gasteiger partial charge in [-0.05, 0) is 32.7 Å². The van der Waals surface area contributed by atoms with E-state index in [0.29, 0.717) is 24.4 Å². The molecule has 0 aliphatic carbocycles. The van der Waals surface area contributed by atoms with Crippen LogP contribution >= 0.6 is 11.8 Å². The Morgan fingerprint density at radius 3 is 2.74 bits per heavy atom.